The maximum atomic E-state index is 14.2. The van der Waals surface area contributed by atoms with E-state index in [1.165, 1.54) is 21.4 Å². The Hall–Kier alpha value is -2.51. The highest BCUT2D eigenvalue weighted by molar-refractivity contribution is 7.10. The molecule has 2 aliphatic heterocycles. The number of hydrogen-bond acceptors (Lipinski definition) is 4. The molecule has 0 unspecified atom stereocenters. The Labute approximate surface area is 176 Å². The zero-order valence-electron chi connectivity index (χ0n) is 15.6. The fourth-order valence-corrected chi connectivity index (χ4v) is 6.08. The fraction of sp³-hybridized carbons (Fsp3) is 0.273. The number of fused-ring (bicyclic) bond motifs is 1. The summed E-state index contributed by atoms with van der Waals surface area (Å²) in [6.45, 7) is 0.863. The van der Waals surface area contributed by atoms with Gasteiger partial charge in [-0.3, -0.25) is 9.59 Å². The molecule has 0 spiro atoms. The average Bonchev–Trinajstić information content (AvgIpc) is 3.48. The second-order valence-corrected chi connectivity index (χ2v) is 9.34. The number of thiophene rings is 2. The van der Waals surface area contributed by atoms with Gasteiger partial charge in [0.1, 0.15) is 5.82 Å². The molecule has 0 bridgehead atoms. The van der Waals surface area contributed by atoms with Crippen LogP contribution in [0, 0.1) is 11.7 Å². The van der Waals surface area contributed by atoms with Crippen LogP contribution < -0.4 is 4.90 Å². The van der Waals surface area contributed by atoms with E-state index in [2.05, 4.69) is 17.5 Å². The number of nitrogens with zero attached hydrogens (tertiary/aromatic N) is 2. The monoisotopic (exact) mass is 426 g/mol. The Bertz CT molecular complexity index is 1060. The second-order valence-electron chi connectivity index (χ2n) is 7.36. The molecule has 2 amide bonds. The zero-order chi connectivity index (χ0) is 20.0. The molecule has 4 nitrogen and oxygen atoms in total. The smallest absolute Gasteiger partial charge is 0.228 e. The summed E-state index contributed by atoms with van der Waals surface area (Å²) in [5.74, 6) is -1.11. The van der Waals surface area contributed by atoms with Gasteiger partial charge in [0, 0.05) is 29.3 Å². The topological polar surface area (TPSA) is 40.6 Å². The van der Waals surface area contributed by atoms with Crippen molar-refractivity contribution in [3.63, 3.8) is 0 Å². The van der Waals surface area contributed by atoms with Gasteiger partial charge in [-0.15, -0.1) is 22.7 Å². The third kappa shape index (κ3) is 3.18. The van der Waals surface area contributed by atoms with Gasteiger partial charge in [0.2, 0.25) is 11.8 Å². The van der Waals surface area contributed by atoms with Crippen LogP contribution in [0.5, 0.6) is 0 Å². The number of carbonyl (C=O) groups excluding carboxylic acids is 2. The second kappa shape index (κ2) is 7.39. The van der Waals surface area contributed by atoms with Crippen LogP contribution >= 0.6 is 22.7 Å². The van der Waals surface area contributed by atoms with Crippen molar-refractivity contribution in [2.24, 2.45) is 5.92 Å². The molecule has 4 heterocycles. The molecule has 2 aliphatic rings. The molecule has 0 radical (unpaired) electrons. The molecule has 29 heavy (non-hydrogen) atoms. The van der Waals surface area contributed by atoms with Gasteiger partial charge < -0.3 is 9.80 Å². The Balaban J connectivity index is 1.43. The van der Waals surface area contributed by atoms with Crippen molar-refractivity contribution in [2.75, 3.05) is 18.0 Å². The van der Waals surface area contributed by atoms with Gasteiger partial charge in [-0.05, 0) is 47.0 Å². The number of benzene rings is 1. The highest BCUT2D eigenvalue weighted by Gasteiger charge is 2.42. The molecule has 1 aromatic carbocycles. The Morgan fingerprint density at radius 2 is 1.93 bits per heavy atom. The van der Waals surface area contributed by atoms with E-state index in [0.29, 0.717) is 6.54 Å². The van der Waals surface area contributed by atoms with Crippen molar-refractivity contribution in [1.82, 2.24) is 4.90 Å². The molecule has 0 saturated carbocycles. The lowest BCUT2D eigenvalue weighted by Gasteiger charge is -2.37. The maximum absolute atomic E-state index is 14.2. The molecule has 2 aromatic heterocycles. The summed E-state index contributed by atoms with van der Waals surface area (Å²) in [6.07, 6.45) is 0.954. The van der Waals surface area contributed by atoms with Gasteiger partial charge in [-0.2, -0.15) is 0 Å². The average molecular weight is 427 g/mol. The van der Waals surface area contributed by atoms with Gasteiger partial charge in [0.15, 0.2) is 0 Å². The highest BCUT2D eigenvalue weighted by atomic mass is 32.1. The molecule has 0 aliphatic carbocycles. The number of carbonyl (C=O) groups is 2. The Morgan fingerprint density at radius 3 is 2.72 bits per heavy atom. The van der Waals surface area contributed by atoms with Crippen molar-refractivity contribution in [3.8, 4) is 0 Å². The summed E-state index contributed by atoms with van der Waals surface area (Å²) < 4.78 is 14.2. The van der Waals surface area contributed by atoms with Gasteiger partial charge in [0.25, 0.3) is 0 Å². The number of anilines is 1. The first-order valence-electron chi connectivity index (χ1n) is 9.58. The van der Waals surface area contributed by atoms with Crippen molar-refractivity contribution in [3.05, 3.63) is 74.4 Å². The minimum Gasteiger partial charge on any atom is -0.330 e. The first-order chi connectivity index (χ1) is 14.1. The van der Waals surface area contributed by atoms with Gasteiger partial charge >= 0.3 is 0 Å². The first kappa shape index (κ1) is 18.5. The predicted octanol–water partition coefficient (Wildman–Crippen LogP) is 4.48. The molecule has 5 rings (SSSR count). The zero-order valence-corrected chi connectivity index (χ0v) is 17.2. The molecule has 3 aromatic rings. The number of para-hydroxylation sites is 1. The van der Waals surface area contributed by atoms with E-state index in [1.807, 2.05) is 16.3 Å². The van der Waals surface area contributed by atoms with Crippen molar-refractivity contribution in [1.29, 1.82) is 0 Å². The van der Waals surface area contributed by atoms with Crippen molar-refractivity contribution < 1.29 is 14.0 Å². The predicted molar refractivity (Wildman–Crippen MR) is 113 cm³/mol. The van der Waals surface area contributed by atoms with E-state index in [9.17, 15) is 14.0 Å². The Kier molecular flexibility index (Phi) is 4.72. The van der Waals surface area contributed by atoms with Crippen LogP contribution in [-0.2, 0) is 16.0 Å². The number of amides is 2. The summed E-state index contributed by atoms with van der Waals surface area (Å²) in [7, 11) is 0. The first-order valence-corrected chi connectivity index (χ1v) is 11.3. The minimum atomic E-state index is -0.454. The summed E-state index contributed by atoms with van der Waals surface area (Å²) in [5.41, 5.74) is 1.44. The number of rotatable bonds is 3. The normalized spacial score (nSPS) is 21.5. The van der Waals surface area contributed by atoms with E-state index in [-0.39, 0.29) is 36.5 Å². The van der Waals surface area contributed by atoms with E-state index in [1.54, 1.807) is 40.9 Å². The lowest BCUT2D eigenvalue weighted by atomic mass is 9.96. The van der Waals surface area contributed by atoms with Crippen LogP contribution in [0.15, 0.2) is 53.2 Å². The summed E-state index contributed by atoms with van der Waals surface area (Å²) in [6, 6.07) is 12.3. The van der Waals surface area contributed by atoms with E-state index < -0.39 is 11.7 Å². The van der Waals surface area contributed by atoms with E-state index in [4.69, 9.17) is 0 Å². The number of hydrogen-bond donors (Lipinski definition) is 0. The maximum Gasteiger partial charge on any atom is 0.228 e. The standard InChI is InChI=1S/C22H19FN2O2S2/c23-16-4-1-2-5-17(16)25-13-14(12-20(25)26)22(27)24-9-7-18-15(8-11-29-18)21(24)19-6-3-10-28-19/h1-6,8,10-11,14,21H,7,9,12-13H2/t14-,21-/m1/s1. The Morgan fingerprint density at radius 1 is 1.07 bits per heavy atom. The quantitative estimate of drug-likeness (QED) is 0.620. The van der Waals surface area contributed by atoms with E-state index >= 15 is 0 Å². The lowest BCUT2D eigenvalue weighted by molar-refractivity contribution is -0.137. The van der Waals surface area contributed by atoms with E-state index in [0.717, 1.165) is 11.3 Å². The fourth-order valence-electron chi connectivity index (χ4n) is 4.32. The van der Waals surface area contributed by atoms with Crippen LogP contribution in [-0.4, -0.2) is 29.8 Å². The summed E-state index contributed by atoms with van der Waals surface area (Å²) >= 11 is 3.38. The van der Waals surface area contributed by atoms with Gasteiger partial charge in [-0.1, -0.05) is 18.2 Å². The largest absolute Gasteiger partial charge is 0.330 e. The third-order valence-electron chi connectivity index (χ3n) is 5.68. The molecular formula is C22H19FN2O2S2. The molecule has 1 saturated heterocycles. The third-order valence-corrected chi connectivity index (χ3v) is 7.60. The molecule has 7 heteroatoms. The van der Waals surface area contributed by atoms with Gasteiger partial charge in [-0.25, -0.2) is 4.39 Å². The van der Waals surface area contributed by atoms with Gasteiger partial charge in [0.05, 0.1) is 17.6 Å². The van der Waals surface area contributed by atoms with Crippen molar-refractivity contribution >= 4 is 40.2 Å². The van der Waals surface area contributed by atoms with Crippen molar-refractivity contribution in [2.45, 2.75) is 18.9 Å². The molecule has 1 fully saturated rings. The summed E-state index contributed by atoms with van der Waals surface area (Å²) in [4.78, 5) is 31.9. The number of halogens is 1. The minimum absolute atomic E-state index is 0.0209. The van der Waals surface area contributed by atoms with Crippen LogP contribution in [0.3, 0.4) is 0 Å². The van der Waals surface area contributed by atoms with Crippen LogP contribution in [0.2, 0.25) is 0 Å². The lowest BCUT2D eigenvalue weighted by Crippen LogP contribution is -2.43. The van der Waals surface area contributed by atoms with Crippen LogP contribution in [0.1, 0.15) is 27.8 Å². The molecule has 2 atom stereocenters. The molecule has 148 valence electrons. The van der Waals surface area contributed by atoms with Crippen LogP contribution in [0.25, 0.3) is 0 Å². The van der Waals surface area contributed by atoms with Crippen LogP contribution in [0.4, 0.5) is 10.1 Å². The molecule has 0 N–H and O–H groups in total. The highest BCUT2D eigenvalue weighted by Crippen LogP contribution is 2.41. The SMILES string of the molecule is O=C1C[C@@H](C(=O)N2CCc3sccc3[C@@H]2c2cccs2)CN1c1ccccc1F. The molecular weight excluding hydrogens is 407 g/mol. The summed E-state index contributed by atoms with van der Waals surface area (Å²) in [5, 5.41) is 4.11.